The molecule has 3 aromatic rings. The van der Waals surface area contributed by atoms with Gasteiger partial charge in [0.1, 0.15) is 11.5 Å². The number of rotatable bonds is 3. The van der Waals surface area contributed by atoms with Crippen molar-refractivity contribution >= 4 is 34.8 Å². The molecule has 1 aromatic heterocycles. The standard InChI is InChI=1S/C21H16N2OS/c1-15-7-5-8-16(13-15)20-22-19(14-18-11-6-12-25-18)21(24)23(20)17-9-3-2-4-10-17/h2-14H,1H3/b19-14+. The monoisotopic (exact) mass is 344 g/mol. The van der Waals surface area contributed by atoms with Crippen LogP contribution in [0, 0.1) is 6.92 Å². The van der Waals surface area contributed by atoms with E-state index >= 15 is 0 Å². The average Bonchev–Trinajstić information content (AvgIpc) is 3.25. The van der Waals surface area contributed by atoms with Crippen LogP contribution >= 0.6 is 11.3 Å². The second kappa shape index (κ2) is 6.49. The Hall–Kier alpha value is -2.98. The lowest BCUT2D eigenvalue weighted by atomic mass is 10.1. The van der Waals surface area contributed by atoms with E-state index in [0.717, 1.165) is 21.7 Å². The summed E-state index contributed by atoms with van der Waals surface area (Å²) >= 11 is 1.59. The maximum atomic E-state index is 13.0. The Bertz CT molecular complexity index is 972. The summed E-state index contributed by atoms with van der Waals surface area (Å²) in [6.07, 6.45) is 1.85. The van der Waals surface area contributed by atoms with Gasteiger partial charge in [-0.05, 0) is 42.6 Å². The maximum absolute atomic E-state index is 13.0. The largest absolute Gasteiger partial charge is 0.282 e. The van der Waals surface area contributed by atoms with Crippen molar-refractivity contribution in [1.82, 2.24) is 0 Å². The quantitative estimate of drug-likeness (QED) is 0.623. The maximum Gasteiger partial charge on any atom is 0.282 e. The Balaban J connectivity index is 1.85. The lowest BCUT2D eigenvalue weighted by Crippen LogP contribution is -2.32. The Morgan fingerprint density at radius 3 is 2.56 bits per heavy atom. The third-order valence-electron chi connectivity index (χ3n) is 3.97. The summed E-state index contributed by atoms with van der Waals surface area (Å²) in [5.41, 5.74) is 3.35. The minimum absolute atomic E-state index is 0.101. The van der Waals surface area contributed by atoms with Crippen LogP contribution in [0.5, 0.6) is 0 Å². The Labute approximate surface area is 150 Å². The molecule has 4 rings (SSSR count). The van der Waals surface area contributed by atoms with E-state index in [0.29, 0.717) is 11.5 Å². The van der Waals surface area contributed by atoms with Crippen molar-refractivity contribution in [3.63, 3.8) is 0 Å². The molecular weight excluding hydrogens is 328 g/mol. The minimum Gasteiger partial charge on any atom is -0.266 e. The first-order valence-electron chi connectivity index (χ1n) is 8.03. The van der Waals surface area contributed by atoms with Crippen LogP contribution in [0.15, 0.2) is 82.8 Å². The van der Waals surface area contributed by atoms with Gasteiger partial charge in [-0.3, -0.25) is 9.69 Å². The number of para-hydroxylation sites is 1. The van der Waals surface area contributed by atoms with E-state index < -0.39 is 0 Å². The second-order valence-electron chi connectivity index (χ2n) is 5.83. The highest BCUT2D eigenvalue weighted by Gasteiger charge is 2.32. The summed E-state index contributed by atoms with van der Waals surface area (Å²) < 4.78 is 0. The van der Waals surface area contributed by atoms with Crippen LogP contribution in [-0.4, -0.2) is 11.7 Å². The van der Waals surface area contributed by atoms with Gasteiger partial charge in [0, 0.05) is 10.4 Å². The van der Waals surface area contributed by atoms with Crippen LogP contribution in [0.4, 0.5) is 5.69 Å². The fraction of sp³-hybridized carbons (Fsp3) is 0.0476. The van der Waals surface area contributed by atoms with E-state index in [1.807, 2.05) is 79.0 Å². The zero-order valence-corrected chi connectivity index (χ0v) is 14.5. The number of nitrogens with zero attached hydrogens (tertiary/aromatic N) is 2. The van der Waals surface area contributed by atoms with Gasteiger partial charge in [-0.15, -0.1) is 11.3 Å². The molecule has 0 bridgehead atoms. The van der Waals surface area contributed by atoms with E-state index in [4.69, 9.17) is 0 Å². The Kier molecular flexibility index (Phi) is 4.04. The Morgan fingerprint density at radius 2 is 1.84 bits per heavy atom. The molecule has 0 saturated heterocycles. The highest BCUT2D eigenvalue weighted by molar-refractivity contribution is 7.10. The minimum atomic E-state index is -0.101. The normalized spacial score (nSPS) is 15.7. The topological polar surface area (TPSA) is 32.7 Å². The van der Waals surface area contributed by atoms with Crippen molar-refractivity contribution in [1.29, 1.82) is 0 Å². The molecule has 1 aliphatic rings. The van der Waals surface area contributed by atoms with E-state index in [2.05, 4.69) is 11.1 Å². The van der Waals surface area contributed by atoms with E-state index in [-0.39, 0.29) is 5.91 Å². The first-order chi connectivity index (χ1) is 12.2. The van der Waals surface area contributed by atoms with Gasteiger partial charge in [0.25, 0.3) is 5.91 Å². The van der Waals surface area contributed by atoms with E-state index in [1.54, 1.807) is 16.2 Å². The summed E-state index contributed by atoms with van der Waals surface area (Å²) in [5.74, 6) is 0.568. The van der Waals surface area contributed by atoms with Gasteiger partial charge in [0.2, 0.25) is 0 Å². The molecule has 2 aromatic carbocycles. The van der Waals surface area contributed by atoms with Crippen LogP contribution in [0.2, 0.25) is 0 Å². The van der Waals surface area contributed by atoms with Gasteiger partial charge in [0.05, 0.1) is 5.69 Å². The van der Waals surface area contributed by atoms with Crippen LogP contribution in [0.1, 0.15) is 16.0 Å². The first-order valence-corrected chi connectivity index (χ1v) is 8.91. The molecule has 2 heterocycles. The smallest absolute Gasteiger partial charge is 0.266 e. The van der Waals surface area contributed by atoms with Crippen LogP contribution in [0.25, 0.3) is 6.08 Å². The number of amides is 1. The third kappa shape index (κ3) is 3.04. The molecule has 0 aliphatic carbocycles. The predicted molar refractivity (Wildman–Crippen MR) is 104 cm³/mol. The number of hydrogen-bond acceptors (Lipinski definition) is 3. The van der Waals surface area contributed by atoms with Gasteiger partial charge in [-0.25, -0.2) is 4.99 Å². The predicted octanol–water partition coefficient (Wildman–Crippen LogP) is 4.89. The van der Waals surface area contributed by atoms with E-state index in [9.17, 15) is 4.79 Å². The zero-order chi connectivity index (χ0) is 17.2. The summed E-state index contributed by atoms with van der Waals surface area (Å²) in [4.78, 5) is 20.4. The number of thiophene rings is 1. The van der Waals surface area contributed by atoms with Crippen LogP contribution in [0.3, 0.4) is 0 Å². The molecular formula is C21H16N2OS. The number of anilines is 1. The highest BCUT2D eigenvalue weighted by Crippen LogP contribution is 2.28. The van der Waals surface area contributed by atoms with E-state index in [1.165, 1.54) is 0 Å². The first kappa shape index (κ1) is 15.5. The molecule has 3 nitrogen and oxygen atoms in total. The van der Waals surface area contributed by atoms with Crippen molar-refractivity contribution < 1.29 is 4.79 Å². The third-order valence-corrected chi connectivity index (χ3v) is 4.79. The van der Waals surface area contributed by atoms with Crippen molar-refractivity contribution in [2.24, 2.45) is 4.99 Å². The molecule has 4 heteroatoms. The van der Waals surface area contributed by atoms with Crippen LogP contribution in [-0.2, 0) is 4.79 Å². The zero-order valence-electron chi connectivity index (χ0n) is 13.7. The SMILES string of the molecule is Cc1cccc(C2=N/C(=C/c3cccs3)C(=O)N2c2ccccc2)c1. The fourth-order valence-corrected chi connectivity index (χ4v) is 3.47. The van der Waals surface area contributed by atoms with Gasteiger partial charge in [-0.1, -0.05) is 48.0 Å². The molecule has 25 heavy (non-hydrogen) atoms. The molecule has 0 radical (unpaired) electrons. The molecule has 0 saturated carbocycles. The number of benzene rings is 2. The van der Waals surface area contributed by atoms with Crippen LogP contribution < -0.4 is 4.90 Å². The summed E-state index contributed by atoms with van der Waals surface area (Å²) in [6.45, 7) is 2.04. The molecule has 0 unspecified atom stereocenters. The number of carbonyl (C=O) groups is 1. The van der Waals surface area contributed by atoms with Crippen molar-refractivity contribution in [3.05, 3.63) is 93.8 Å². The van der Waals surface area contributed by atoms with Crippen molar-refractivity contribution in [2.45, 2.75) is 6.92 Å². The van der Waals surface area contributed by atoms with Crippen molar-refractivity contribution in [3.8, 4) is 0 Å². The van der Waals surface area contributed by atoms with Crippen molar-refractivity contribution in [2.75, 3.05) is 4.90 Å². The molecule has 1 amide bonds. The van der Waals surface area contributed by atoms with Gasteiger partial charge < -0.3 is 0 Å². The lowest BCUT2D eigenvalue weighted by Gasteiger charge is -2.18. The molecule has 0 fully saturated rings. The highest BCUT2D eigenvalue weighted by atomic mass is 32.1. The molecule has 0 N–H and O–H groups in total. The van der Waals surface area contributed by atoms with Gasteiger partial charge in [0.15, 0.2) is 0 Å². The van der Waals surface area contributed by atoms with Gasteiger partial charge >= 0.3 is 0 Å². The number of amidine groups is 1. The molecule has 0 spiro atoms. The number of carbonyl (C=O) groups excluding carboxylic acids is 1. The van der Waals surface area contributed by atoms with Gasteiger partial charge in [-0.2, -0.15) is 0 Å². The molecule has 1 aliphatic heterocycles. The number of aliphatic imine (C=N–C) groups is 1. The summed E-state index contributed by atoms with van der Waals surface area (Å²) in [7, 11) is 0. The second-order valence-corrected chi connectivity index (χ2v) is 6.81. The fourth-order valence-electron chi connectivity index (χ4n) is 2.82. The Morgan fingerprint density at radius 1 is 1.00 bits per heavy atom. The molecule has 0 atom stereocenters. The summed E-state index contributed by atoms with van der Waals surface area (Å²) in [6, 6.07) is 21.7. The molecule has 122 valence electrons. The number of hydrogen-bond donors (Lipinski definition) is 0. The summed E-state index contributed by atoms with van der Waals surface area (Å²) in [5, 5.41) is 1.99. The number of aryl methyl sites for hydroxylation is 1. The lowest BCUT2D eigenvalue weighted by molar-refractivity contribution is -0.113. The average molecular weight is 344 g/mol.